The van der Waals surface area contributed by atoms with Gasteiger partial charge in [-0.15, -0.1) is 23.5 Å². The highest BCUT2D eigenvalue weighted by Gasteiger charge is 2.20. The molecule has 2 N–H and O–H groups in total. The van der Waals surface area contributed by atoms with Crippen molar-refractivity contribution in [2.24, 2.45) is 0 Å². The predicted octanol–water partition coefficient (Wildman–Crippen LogP) is 1.09. The molecule has 0 fully saturated rings. The molecule has 4 nitrogen and oxygen atoms in total. The number of aliphatic carboxylic acids is 2. The maximum absolute atomic E-state index is 10.4. The summed E-state index contributed by atoms with van der Waals surface area (Å²) in [6, 6.07) is 0. The van der Waals surface area contributed by atoms with Gasteiger partial charge in [0, 0.05) is 0 Å². The zero-order valence-electron chi connectivity index (χ0n) is 6.53. The summed E-state index contributed by atoms with van der Waals surface area (Å²) in [5.41, 5.74) is -0.560. The maximum atomic E-state index is 10.4. The molecule has 0 amide bonds. The average molecular weight is 208 g/mol. The Balaban J connectivity index is 5.03. The highest BCUT2D eigenvalue weighted by atomic mass is 32.2. The molecule has 0 heterocycles. The van der Waals surface area contributed by atoms with E-state index in [1.54, 1.807) is 12.5 Å². The van der Waals surface area contributed by atoms with Crippen LogP contribution in [0.15, 0.2) is 9.81 Å². The highest BCUT2D eigenvalue weighted by molar-refractivity contribution is 8.21. The Morgan fingerprint density at radius 1 is 1.00 bits per heavy atom. The number of thioether (sulfide) groups is 2. The molecule has 0 unspecified atom stereocenters. The van der Waals surface area contributed by atoms with E-state index in [4.69, 9.17) is 10.2 Å². The quantitative estimate of drug-likeness (QED) is 0.409. The Labute approximate surface area is 78.0 Å². The molecular formula is C6H8O4S2. The lowest BCUT2D eigenvalue weighted by atomic mass is 10.3. The lowest BCUT2D eigenvalue weighted by Crippen LogP contribution is -2.12. The fourth-order valence-corrected chi connectivity index (χ4v) is 1.98. The minimum atomic E-state index is -1.40. The van der Waals surface area contributed by atoms with Crippen molar-refractivity contribution in [2.75, 3.05) is 12.5 Å². The summed E-state index contributed by atoms with van der Waals surface area (Å²) in [6.07, 6.45) is 3.27. The molecule has 0 aliphatic carbocycles. The number of rotatable bonds is 4. The molecule has 0 aliphatic heterocycles. The molecule has 0 rings (SSSR count). The van der Waals surface area contributed by atoms with Crippen molar-refractivity contribution >= 4 is 35.5 Å². The smallest absolute Gasteiger partial charge is 0.344 e. The summed E-state index contributed by atoms with van der Waals surface area (Å²) in [5.74, 6) is -2.80. The third-order valence-electron chi connectivity index (χ3n) is 1.00. The molecule has 0 radical (unpaired) electrons. The number of hydrogen-bond acceptors (Lipinski definition) is 4. The van der Waals surface area contributed by atoms with E-state index in [2.05, 4.69) is 0 Å². The molecule has 0 aromatic rings. The van der Waals surface area contributed by atoms with Crippen molar-refractivity contribution in [3.63, 3.8) is 0 Å². The topological polar surface area (TPSA) is 74.6 Å². The van der Waals surface area contributed by atoms with Gasteiger partial charge in [0.15, 0.2) is 5.57 Å². The predicted molar refractivity (Wildman–Crippen MR) is 49.3 cm³/mol. The lowest BCUT2D eigenvalue weighted by molar-refractivity contribution is -0.140. The van der Waals surface area contributed by atoms with Gasteiger partial charge in [-0.3, -0.25) is 0 Å². The largest absolute Gasteiger partial charge is 0.477 e. The van der Waals surface area contributed by atoms with E-state index in [1.165, 1.54) is 0 Å². The molecular weight excluding hydrogens is 200 g/mol. The lowest BCUT2D eigenvalue weighted by Gasteiger charge is -2.01. The summed E-state index contributed by atoms with van der Waals surface area (Å²) < 4.78 is 0.301. The summed E-state index contributed by atoms with van der Waals surface area (Å²) in [7, 11) is 0. The van der Waals surface area contributed by atoms with E-state index in [-0.39, 0.29) is 0 Å². The molecule has 0 atom stereocenters. The monoisotopic (exact) mass is 208 g/mol. The molecule has 0 saturated heterocycles. The number of carboxylic acid groups (broad SMARTS) is 2. The van der Waals surface area contributed by atoms with Crippen LogP contribution in [0.3, 0.4) is 0 Å². The van der Waals surface area contributed by atoms with Crippen LogP contribution >= 0.6 is 23.5 Å². The van der Waals surface area contributed by atoms with Gasteiger partial charge in [0.1, 0.15) is 0 Å². The zero-order valence-corrected chi connectivity index (χ0v) is 8.16. The minimum Gasteiger partial charge on any atom is -0.477 e. The molecule has 0 spiro atoms. The van der Waals surface area contributed by atoms with Crippen LogP contribution in [0.25, 0.3) is 0 Å². The van der Waals surface area contributed by atoms with Gasteiger partial charge in [0.25, 0.3) is 0 Å². The van der Waals surface area contributed by atoms with E-state index in [0.717, 1.165) is 23.5 Å². The SMILES string of the molecule is CSC(SC)=C(C(=O)O)C(=O)O. The first-order valence-corrected chi connectivity index (χ1v) is 5.28. The van der Waals surface area contributed by atoms with Crippen molar-refractivity contribution in [2.45, 2.75) is 0 Å². The fourth-order valence-electron chi connectivity index (χ4n) is 0.554. The van der Waals surface area contributed by atoms with E-state index in [1.807, 2.05) is 0 Å². The van der Waals surface area contributed by atoms with Crippen LogP contribution in [0.2, 0.25) is 0 Å². The Morgan fingerprint density at radius 3 is 1.42 bits per heavy atom. The molecule has 0 bridgehead atoms. The first-order chi connectivity index (χ1) is 5.54. The van der Waals surface area contributed by atoms with Gasteiger partial charge >= 0.3 is 11.9 Å². The number of carbonyl (C=O) groups is 2. The molecule has 0 saturated carbocycles. The molecule has 6 heteroatoms. The van der Waals surface area contributed by atoms with Crippen LogP contribution < -0.4 is 0 Å². The van der Waals surface area contributed by atoms with E-state index in [9.17, 15) is 9.59 Å². The second-order valence-corrected chi connectivity index (χ2v) is 3.57. The van der Waals surface area contributed by atoms with Crippen molar-refractivity contribution in [3.05, 3.63) is 9.81 Å². The molecule has 0 aliphatic rings. The van der Waals surface area contributed by atoms with Gasteiger partial charge < -0.3 is 10.2 Å². The van der Waals surface area contributed by atoms with Gasteiger partial charge in [-0.2, -0.15) is 0 Å². The first-order valence-electron chi connectivity index (χ1n) is 2.83. The van der Waals surface area contributed by atoms with Crippen molar-refractivity contribution in [3.8, 4) is 0 Å². The van der Waals surface area contributed by atoms with Gasteiger partial charge in [0.05, 0.1) is 4.24 Å². The van der Waals surface area contributed by atoms with Crippen LogP contribution in [-0.2, 0) is 9.59 Å². The average Bonchev–Trinajstić information content (AvgIpc) is 1.98. The van der Waals surface area contributed by atoms with Crippen molar-refractivity contribution < 1.29 is 19.8 Å². The Kier molecular flexibility index (Phi) is 4.84. The van der Waals surface area contributed by atoms with Crippen molar-refractivity contribution in [1.29, 1.82) is 0 Å². The number of carboxylic acids is 2. The van der Waals surface area contributed by atoms with Gasteiger partial charge in [-0.05, 0) is 12.5 Å². The van der Waals surface area contributed by atoms with Gasteiger partial charge in [-0.25, -0.2) is 9.59 Å². The van der Waals surface area contributed by atoms with Gasteiger partial charge in [0.2, 0.25) is 0 Å². The van der Waals surface area contributed by atoms with E-state index < -0.39 is 17.5 Å². The second-order valence-electron chi connectivity index (χ2n) is 1.68. The van der Waals surface area contributed by atoms with Crippen LogP contribution in [0, 0.1) is 0 Å². The van der Waals surface area contributed by atoms with Crippen molar-refractivity contribution in [1.82, 2.24) is 0 Å². The first kappa shape index (κ1) is 11.4. The molecule has 0 aromatic carbocycles. The minimum absolute atomic E-state index is 0.301. The van der Waals surface area contributed by atoms with E-state index >= 15 is 0 Å². The van der Waals surface area contributed by atoms with Crippen LogP contribution in [0.4, 0.5) is 0 Å². The zero-order chi connectivity index (χ0) is 9.72. The summed E-state index contributed by atoms with van der Waals surface area (Å²) >= 11 is 2.23. The van der Waals surface area contributed by atoms with Crippen LogP contribution in [0.1, 0.15) is 0 Å². The second kappa shape index (κ2) is 5.10. The summed E-state index contributed by atoms with van der Waals surface area (Å²) in [4.78, 5) is 20.9. The molecule has 68 valence electrons. The van der Waals surface area contributed by atoms with E-state index in [0.29, 0.717) is 4.24 Å². The molecule has 12 heavy (non-hydrogen) atoms. The Morgan fingerprint density at radius 2 is 1.33 bits per heavy atom. The number of hydrogen-bond donors (Lipinski definition) is 2. The fraction of sp³-hybridized carbons (Fsp3) is 0.333. The van der Waals surface area contributed by atoms with Gasteiger partial charge in [-0.1, -0.05) is 0 Å². The third kappa shape index (κ3) is 2.78. The third-order valence-corrected chi connectivity index (χ3v) is 3.15. The maximum Gasteiger partial charge on any atom is 0.344 e. The molecule has 0 aromatic heterocycles. The Bertz CT molecular complexity index is 212. The van der Waals surface area contributed by atoms with Crippen LogP contribution in [-0.4, -0.2) is 34.7 Å². The summed E-state index contributed by atoms with van der Waals surface area (Å²) in [5, 5.41) is 17.0. The summed E-state index contributed by atoms with van der Waals surface area (Å²) in [6.45, 7) is 0. The standard InChI is InChI=1S/C6H8O4S2/c1-11-6(12-2)3(4(7)8)5(9)10/h1-2H3,(H,7,8)(H,9,10). The normalized spacial score (nSPS) is 9.17. The van der Waals surface area contributed by atoms with Crippen LogP contribution in [0.5, 0.6) is 0 Å². The highest BCUT2D eigenvalue weighted by Crippen LogP contribution is 2.27. The Hall–Kier alpha value is -0.620.